The average molecular weight is 428 g/mol. The fraction of sp³-hybridized carbons (Fsp3) is 0.182. The molecule has 1 aliphatic heterocycles. The molecule has 1 aromatic heterocycles. The minimum Gasteiger partial charge on any atom is -0.365 e. The summed E-state index contributed by atoms with van der Waals surface area (Å²) in [6.07, 6.45) is 0.766. The van der Waals surface area contributed by atoms with Crippen LogP contribution in [0.4, 0.5) is 5.00 Å². The molecule has 150 valence electrons. The van der Waals surface area contributed by atoms with Gasteiger partial charge in [0.05, 0.1) is 5.56 Å². The van der Waals surface area contributed by atoms with Gasteiger partial charge in [0.15, 0.2) is 0 Å². The van der Waals surface area contributed by atoms with Crippen LogP contribution in [-0.2, 0) is 13.0 Å². The van der Waals surface area contributed by atoms with Gasteiger partial charge in [-0.2, -0.15) is 0 Å². The number of likely N-dealkylation sites (N-methyl/N-ethyl adjacent to an activating group) is 1. The van der Waals surface area contributed by atoms with Crippen molar-refractivity contribution in [3.05, 3.63) is 76.2 Å². The van der Waals surface area contributed by atoms with E-state index in [-0.39, 0.29) is 18.3 Å². The second-order valence-corrected chi connectivity index (χ2v) is 8.06. The minimum atomic E-state index is -0.489. The predicted molar refractivity (Wildman–Crippen MR) is 120 cm³/mol. The Kier molecular flexibility index (Phi) is 6.37. The number of fused-ring (bicyclic) bond motifs is 1. The molecule has 4 rings (SSSR count). The maximum absolute atomic E-state index is 12.7. The largest absolute Gasteiger partial charge is 0.365 e. The summed E-state index contributed by atoms with van der Waals surface area (Å²) in [6, 6.07) is 17.4. The lowest BCUT2D eigenvalue weighted by Crippen LogP contribution is -2.27. The first kappa shape index (κ1) is 21.0. The highest BCUT2D eigenvalue weighted by Crippen LogP contribution is 2.36. The molecule has 5 nitrogen and oxygen atoms in total. The molecule has 2 amide bonds. The lowest BCUT2D eigenvalue weighted by Gasteiger charge is -2.22. The van der Waals surface area contributed by atoms with E-state index in [1.807, 2.05) is 49.5 Å². The number of carbonyl (C=O) groups is 2. The molecule has 2 heterocycles. The van der Waals surface area contributed by atoms with Crippen LogP contribution in [-0.4, -0.2) is 30.3 Å². The van der Waals surface area contributed by atoms with Crippen molar-refractivity contribution >= 4 is 40.6 Å². The van der Waals surface area contributed by atoms with Crippen LogP contribution in [0, 0.1) is 0 Å². The molecular weight excluding hydrogens is 406 g/mol. The SMILES string of the molecule is CN1CCc2c(sc(NC(=O)c3ccc(-c4ccccc4)cc3)c2C(N)=O)C1.Cl. The second-order valence-electron chi connectivity index (χ2n) is 6.96. The van der Waals surface area contributed by atoms with Gasteiger partial charge in [0.2, 0.25) is 0 Å². The molecule has 0 fully saturated rings. The zero-order valence-corrected chi connectivity index (χ0v) is 17.6. The topological polar surface area (TPSA) is 75.4 Å². The molecule has 0 bridgehead atoms. The smallest absolute Gasteiger partial charge is 0.256 e. The third kappa shape index (κ3) is 4.34. The van der Waals surface area contributed by atoms with Gasteiger partial charge in [-0.1, -0.05) is 42.5 Å². The number of thiophene rings is 1. The second kappa shape index (κ2) is 8.78. The fourth-order valence-corrected chi connectivity index (χ4v) is 4.83. The van der Waals surface area contributed by atoms with E-state index in [2.05, 4.69) is 10.2 Å². The van der Waals surface area contributed by atoms with E-state index in [0.717, 1.165) is 41.1 Å². The minimum absolute atomic E-state index is 0. The number of nitrogens with two attached hydrogens (primary N) is 1. The highest BCUT2D eigenvalue weighted by molar-refractivity contribution is 7.17. The van der Waals surface area contributed by atoms with Gasteiger partial charge in [-0.3, -0.25) is 9.59 Å². The first-order valence-electron chi connectivity index (χ1n) is 9.12. The third-order valence-electron chi connectivity index (χ3n) is 4.98. The van der Waals surface area contributed by atoms with Gasteiger partial charge in [0.1, 0.15) is 5.00 Å². The van der Waals surface area contributed by atoms with Crippen molar-refractivity contribution < 1.29 is 9.59 Å². The van der Waals surface area contributed by atoms with Gasteiger partial charge in [0, 0.05) is 23.5 Å². The first-order valence-corrected chi connectivity index (χ1v) is 9.94. The maximum atomic E-state index is 12.7. The summed E-state index contributed by atoms with van der Waals surface area (Å²) in [5.41, 5.74) is 9.74. The van der Waals surface area contributed by atoms with Gasteiger partial charge in [-0.15, -0.1) is 23.7 Å². The van der Waals surface area contributed by atoms with Gasteiger partial charge in [-0.05, 0) is 42.3 Å². The van der Waals surface area contributed by atoms with Crippen molar-refractivity contribution in [2.24, 2.45) is 5.73 Å². The Morgan fingerprint density at radius 3 is 2.34 bits per heavy atom. The molecule has 0 saturated heterocycles. The summed E-state index contributed by atoms with van der Waals surface area (Å²) in [5, 5.41) is 3.45. The molecule has 3 aromatic rings. The number of primary amides is 1. The molecule has 0 unspecified atom stereocenters. The summed E-state index contributed by atoms with van der Waals surface area (Å²) >= 11 is 1.44. The molecule has 1 aliphatic rings. The lowest BCUT2D eigenvalue weighted by atomic mass is 10.0. The summed E-state index contributed by atoms with van der Waals surface area (Å²) in [6.45, 7) is 1.64. The van der Waals surface area contributed by atoms with Gasteiger partial charge in [-0.25, -0.2) is 0 Å². The molecule has 29 heavy (non-hydrogen) atoms. The van der Waals surface area contributed by atoms with E-state index in [1.165, 1.54) is 11.3 Å². The van der Waals surface area contributed by atoms with Gasteiger partial charge < -0.3 is 16.0 Å². The molecule has 0 atom stereocenters. The van der Waals surface area contributed by atoms with E-state index in [4.69, 9.17) is 5.73 Å². The Balaban J connectivity index is 0.00000240. The van der Waals surface area contributed by atoms with E-state index < -0.39 is 5.91 Å². The number of carbonyl (C=O) groups excluding carboxylic acids is 2. The molecule has 0 radical (unpaired) electrons. The average Bonchev–Trinajstić information content (AvgIpc) is 3.05. The zero-order valence-electron chi connectivity index (χ0n) is 16.0. The quantitative estimate of drug-likeness (QED) is 0.655. The summed E-state index contributed by atoms with van der Waals surface area (Å²) in [7, 11) is 2.04. The number of hydrogen-bond donors (Lipinski definition) is 2. The standard InChI is InChI=1S/C22H21N3O2S.ClH/c1-25-12-11-17-18(13-25)28-22(19(17)20(23)26)24-21(27)16-9-7-15(8-10-16)14-5-3-2-4-6-14;/h2-10H,11-13H2,1H3,(H2,23,26)(H,24,27);1H. The van der Waals surface area contributed by atoms with Crippen LogP contribution < -0.4 is 11.1 Å². The van der Waals surface area contributed by atoms with Crippen molar-refractivity contribution in [3.8, 4) is 11.1 Å². The number of benzene rings is 2. The molecule has 2 aromatic carbocycles. The Hall–Kier alpha value is -2.67. The molecule has 3 N–H and O–H groups in total. The summed E-state index contributed by atoms with van der Waals surface area (Å²) < 4.78 is 0. The normalized spacial score (nSPS) is 13.3. The van der Waals surface area contributed by atoms with Crippen LogP contribution in [0.2, 0.25) is 0 Å². The number of hydrogen-bond acceptors (Lipinski definition) is 4. The van der Waals surface area contributed by atoms with Gasteiger partial charge >= 0.3 is 0 Å². The predicted octanol–water partition coefficient (Wildman–Crippen LogP) is 4.18. The Labute approximate surface area is 179 Å². The number of anilines is 1. The third-order valence-corrected chi connectivity index (χ3v) is 6.11. The first-order chi connectivity index (χ1) is 13.5. The molecule has 7 heteroatoms. The Morgan fingerprint density at radius 2 is 1.69 bits per heavy atom. The molecule has 0 saturated carbocycles. The van der Waals surface area contributed by atoms with Crippen LogP contribution in [0.5, 0.6) is 0 Å². The summed E-state index contributed by atoms with van der Waals surface area (Å²) in [4.78, 5) is 28.1. The number of halogens is 1. The Bertz CT molecular complexity index is 1030. The number of nitrogens with zero attached hydrogens (tertiary/aromatic N) is 1. The van der Waals surface area contributed by atoms with E-state index >= 15 is 0 Å². The van der Waals surface area contributed by atoms with Crippen LogP contribution in [0.3, 0.4) is 0 Å². The fourth-order valence-electron chi connectivity index (χ4n) is 3.50. The van der Waals surface area contributed by atoms with Crippen molar-refractivity contribution in [1.29, 1.82) is 0 Å². The van der Waals surface area contributed by atoms with Crippen LogP contribution >= 0.6 is 23.7 Å². The maximum Gasteiger partial charge on any atom is 0.256 e. The van der Waals surface area contributed by atoms with Crippen molar-refractivity contribution in [2.45, 2.75) is 13.0 Å². The van der Waals surface area contributed by atoms with Crippen LogP contribution in [0.25, 0.3) is 11.1 Å². The lowest BCUT2D eigenvalue weighted by molar-refractivity contribution is 0.1000. The van der Waals surface area contributed by atoms with E-state index in [0.29, 0.717) is 16.1 Å². The van der Waals surface area contributed by atoms with Crippen LogP contribution in [0.15, 0.2) is 54.6 Å². The molecule has 0 aliphatic carbocycles. The number of nitrogens with one attached hydrogen (secondary N) is 1. The van der Waals surface area contributed by atoms with E-state index in [9.17, 15) is 9.59 Å². The van der Waals surface area contributed by atoms with Crippen LogP contribution in [0.1, 0.15) is 31.2 Å². The van der Waals surface area contributed by atoms with Gasteiger partial charge in [0.25, 0.3) is 11.8 Å². The number of amides is 2. The van der Waals surface area contributed by atoms with Crippen molar-refractivity contribution in [3.63, 3.8) is 0 Å². The molecule has 0 spiro atoms. The Morgan fingerprint density at radius 1 is 1.03 bits per heavy atom. The van der Waals surface area contributed by atoms with Crippen molar-refractivity contribution in [1.82, 2.24) is 4.90 Å². The van der Waals surface area contributed by atoms with E-state index in [1.54, 1.807) is 12.1 Å². The monoisotopic (exact) mass is 427 g/mol. The summed E-state index contributed by atoms with van der Waals surface area (Å²) in [5.74, 6) is -0.731. The molecular formula is C22H22ClN3O2S. The zero-order chi connectivity index (χ0) is 19.7. The highest BCUT2D eigenvalue weighted by Gasteiger charge is 2.26. The number of rotatable bonds is 4. The van der Waals surface area contributed by atoms with Crippen molar-refractivity contribution in [2.75, 3.05) is 18.9 Å². The highest BCUT2D eigenvalue weighted by atomic mass is 35.5.